The third kappa shape index (κ3) is 4.07. The fourth-order valence-electron chi connectivity index (χ4n) is 2.76. The fraction of sp³-hybridized carbons (Fsp3) is 0.929. The first kappa shape index (κ1) is 15.5. The third-order valence-corrected chi connectivity index (χ3v) is 4.07. The van der Waals surface area contributed by atoms with Crippen molar-refractivity contribution in [3.63, 3.8) is 0 Å². The Labute approximate surface area is 121 Å². The highest BCUT2D eigenvalue weighted by molar-refractivity contribution is 5.73. The van der Waals surface area contributed by atoms with E-state index in [9.17, 15) is 4.79 Å². The highest BCUT2D eigenvalue weighted by Crippen LogP contribution is 2.17. The summed E-state index contributed by atoms with van der Waals surface area (Å²) in [6, 6.07) is 0.0793. The number of hydrogen-bond acceptors (Lipinski definition) is 4. The average molecular weight is 285 g/mol. The number of urea groups is 1. The molecule has 0 radical (unpaired) electrons. The van der Waals surface area contributed by atoms with Crippen LogP contribution in [-0.4, -0.2) is 61.5 Å². The van der Waals surface area contributed by atoms with Crippen molar-refractivity contribution >= 4 is 6.03 Å². The second-order valence-electron chi connectivity index (χ2n) is 6.09. The van der Waals surface area contributed by atoms with Gasteiger partial charge in [-0.1, -0.05) is 13.8 Å². The van der Waals surface area contributed by atoms with Gasteiger partial charge in [0, 0.05) is 38.7 Å². The number of nitrogens with one attached hydrogen (secondary N) is 1. The number of hydroxylamine groups is 1. The maximum absolute atomic E-state index is 12.3. The topological polar surface area (TPSA) is 54.0 Å². The van der Waals surface area contributed by atoms with Crippen molar-refractivity contribution in [3.05, 3.63) is 0 Å². The maximum Gasteiger partial charge on any atom is 0.341 e. The van der Waals surface area contributed by atoms with Crippen LogP contribution in [0, 0.1) is 5.92 Å². The average Bonchev–Trinajstić information content (AvgIpc) is 2.45. The van der Waals surface area contributed by atoms with Crippen LogP contribution in [0.5, 0.6) is 0 Å². The molecule has 0 saturated carbocycles. The summed E-state index contributed by atoms with van der Waals surface area (Å²) in [5, 5.41) is 0. The molecule has 2 aliphatic rings. The van der Waals surface area contributed by atoms with Gasteiger partial charge < -0.3 is 14.5 Å². The molecule has 0 bridgehead atoms. The van der Waals surface area contributed by atoms with Gasteiger partial charge in [-0.05, 0) is 25.8 Å². The largest absolute Gasteiger partial charge is 0.350 e. The Hall–Kier alpha value is -0.850. The SMILES string of the molecule is CC(C)C1CN(C)CCN1C(=O)NOC1CCCCO1. The van der Waals surface area contributed by atoms with Crippen molar-refractivity contribution in [2.45, 2.75) is 45.4 Å². The number of likely N-dealkylation sites (N-methyl/N-ethyl adjacent to an activating group) is 1. The number of piperazine rings is 1. The molecule has 0 aromatic carbocycles. The van der Waals surface area contributed by atoms with Gasteiger partial charge in [0.25, 0.3) is 0 Å². The van der Waals surface area contributed by atoms with Crippen molar-refractivity contribution < 1.29 is 14.4 Å². The Morgan fingerprint density at radius 3 is 2.80 bits per heavy atom. The Morgan fingerprint density at radius 1 is 1.35 bits per heavy atom. The van der Waals surface area contributed by atoms with Gasteiger partial charge >= 0.3 is 6.03 Å². The van der Waals surface area contributed by atoms with Gasteiger partial charge in [-0.25, -0.2) is 15.1 Å². The molecule has 20 heavy (non-hydrogen) atoms. The smallest absolute Gasteiger partial charge is 0.341 e. The lowest BCUT2D eigenvalue weighted by molar-refractivity contribution is -0.188. The van der Waals surface area contributed by atoms with Gasteiger partial charge in [0.15, 0.2) is 6.29 Å². The van der Waals surface area contributed by atoms with E-state index in [1.54, 1.807) is 0 Å². The summed E-state index contributed by atoms with van der Waals surface area (Å²) in [6.45, 7) is 7.55. The molecule has 2 atom stereocenters. The predicted molar refractivity (Wildman–Crippen MR) is 76.0 cm³/mol. The minimum atomic E-state index is -0.294. The number of carbonyl (C=O) groups is 1. The van der Waals surface area contributed by atoms with Crippen LogP contribution in [0.2, 0.25) is 0 Å². The molecule has 2 amide bonds. The molecule has 2 fully saturated rings. The minimum absolute atomic E-state index is 0.147. The van der Waals surface area contributed by atoms with Crippen LogP contribution in [0.1, 0.15) is 33.1 Å². The molecule has 0 aliphatic carbocycles. The first-order valence-corrected chi connectivity index (χ1v) is 7.60. The lowest BCUT2D eigenvalue weighted by atomic mass is 10.0. The molecule has 1 N–H and O–H groups in total. The van der Waals surface area contributed by atoms with Crippen LogP contribution >= 0.6 is 0 Å². The van der Waals surface area contributed by atoms with Crippen molar-refractivity contribution in [2.75, 3.05) is 33.3 Å². The van der Waals surface area contributed by atoms with Crippen molar-refractivity contribution in [2.24, 2.45) is 5.92 Å². The van der Waals surface area contributed by atoms with Crippen molar-refractivity contribution in [1.29, 1.82) is 0 Å². The Kier molecular flexibility index (Phi) is 5.63. The normalized spacial score (nSPS) is 28.7. The summed E-state index contributed by atoms with van der Waals surface area (Å²) >= 11 is 0. The molecular formula is C14H27N3O3. The van der Waals surface area contributed by atoms with Crippen LogP contribution in [0.15, 0.2) is 0 Å². The van der Waals surface area contributed by atoms with Gasteiger partial charge in [-0.15, -0.1) is 0 Å². The van der Waals surface area contributed by atoms with Gasteiger partial charge in [0.1, 0.15) is 0 Å². The van der Waals surface area contributed by atoms with E-state index in [2.05, 4.69) is 31.3 Å². The van der Waals surface area contributed by atoms with E-state index in [-0.39, 0.29) is 18.4 Å². The maximum atomic E-state index is 12.3. The Balaban J connectivity index is 1.83. The number of carbonyl (C=O) groups excluding carboxylic acids is 1. The lowest BCUT2D eigenvalue weighted by Gasteiger charge is -2.42. The zero-order chi connectivity index (χ0) is 14.5. The molecular weight excluding hydrogens is 258 g/mol. The first-order valence-electron chi connectivity index (χ1n) is 7.60. The first-order chi connectivity index (χ1) is 9.58. The molecule has 2 unspecified atom stereocenters. The lowest BCUT2D eigenvalue weighted by Crippen LogP contribution is -2.58. The van der Waals surface area contributed by atoms with E-state index in [0.717, 1.165) is 38.9 Å². The van der Waals surface area contributed by atoms with Gasteiger partial charge in [0.2, 0.25) is 0 Å². The molecule has 2 heterocycles. The fourth-order valence-corrected chi connectivity index (χ4v) is 2.76. The summed E-state index contributed by atoms with van der Waals surface area (Å²) in [6.07, 6.45) is 2.71. The summed E-state index contributed by atoms with van der Waals surface area (Å²) in [7, 11) is 2.09. The zero-order valence-corrected chi connectivity index (χ0v) is 12.8. The Bertz CT molecular complexity index is 319. The quantitative estimate of drug-likeness (QED) is 0.797. The molecule has 2 aliphatic heterocycles. The van der Waals surface area contributed by atoms with E-state index in [1.807, 2.05) is 4.90 Å². The molecule has 6 nitrogen and oxygen atoms in total. The monoisotopic (exact) mass is 285 g/mol. The summed E-state index contributed by atoms with van der Waals surface area (Å²) < 4.78 is 5.44. The van der Waals surface area contributed by atoms with Gasteiger partial charge in [0.05, 0.1) is 0 Å². The summed E-state index contributed by atoms with van der Waals surface area (Å²) in [4.78, 5) is 21.8. The molecule has 116 valence electrons. The van der Waals surface area contributed by atoms with Crippen molar-refractivity contribution in [1.82, 2.24) is 15.3 Å². The molecule has 2 rings (SSSR count). The molecule has 2 saturated heterocycles. The predicted octanol–water partition coefficient (Wildman–Crippen LogP) is 1.43. The minimum Gasteiger partial charge on any atom is -0.350 e. The van der Waals surface area contributed by atoms with Crippen LogP contribution in [0.3, 0.4) is 0 Å². The Morgan fingerprint density at radius 2 is 2.15 bits per heavy atom. The number of ether oxygens (including phenoxy) is 1. The zero-order valence-electron chi connectivity index (χ0n) is 12.8. The highest BCUT2D eigenvalue weighted by atomic mass is 16.8. The van der Waals surface area contributed by atoms with E-state index >= 15 is 0 Å². The second-order valence-corrected chi connectivity index (χ2v) is 6.09. The number of rotatable bonds is 3. The molecule has 0 spiro atoms. The molecule has 6 heteroatoms. The van der Waals surface area contributed by atoms with E-state index in [0.29, 0.717) is 12.5 Å². The van der Waals surface area contributed by atoms with Crippen LogP contribution in [0.4, 0.5) is 4.79 Å². The van der Waals surface area contributed by atoms with Crippen LogP contribution in [0.25, 0.3) is 0 Å². The molecule has 0 aromatic heterocycles. The second kappa shape index (κ2) is 7.24. The van der Waals surface area contributed by atoms with Crippen molar-refractivity contribution in [3.8, 4) is 0 Å². The molecule has 0 aromatic rings. The number of amides is 2. The number of hydrogen-bond donors (Lipinski definition) is 1. The highest BCUT2D eigenvalue weighted by Gasteiger charge is 2.31. The van der Waals surface area contributed by atoms with Gasteiger partial charge in [-0.2, -0.15) is 0 Å². The number of nitrogens with zero attached hydrogens (tertiary/aromatic N) is 2. The van der Waals surface area contributed by atoms with E-state index < -0.39 is 0 Å². The van der Waals surface area contributed by atoms with E-state index in [4.69, 9.17) is 9.57 Å². The third-order valence-electron chi connectivity index (χ3n) is 4.07. The van der Waals surface area contributed by atoms with Gasteiger partial charge in [-0.3, -0.25) is 0 Å². The summed E-state index contributed by atoms with van der Waals surface area (Å²) in [5.41, 5.74) is 2.57. The van der Waals surface area contributed by atoms with Crippen LogP contribution < -0.4 is 5.48 Å². The van der Waals surface area contributed by atoms with E-state index in [1.165, 1.54) is 0 Å². The standard InChI is InChI=1S/C14H27N3O3/c1-11(2)12-10-16(3)7-8-17(12)14(18)15-20-13-6-4-5-9-19-13/h11-13H,4-10H2,1-3H3,(H,15,18). The van der Waals surface area contributed by atoms with Crippen LogP contribution in [-0.2, 0) is 9.57 Å². The summed E-state index contributed by atoms with van der Waals surface area (Å²) in [5.74, 6) is 0.425.